The van der Waals surface area contributed by atoms with Gasteiger partial charge in [-0.05, 0) is 74.4 Å². The molecule has 1 saturated heterocycles. The van der Waals surface area contributed by atoms with Crippen LogP contribution in [0, 0.1) is 11.7 Å². The Balaban J connectivity index is 1.58. The van der Waals surface area contributed by atoms with E-state index in [4.69, 9.17) is 4.74 Å². The van der Waals surface area contributed by atoms with Crippen molar-refractivity contribution in [2.75, 3.05) is 32.1 Å². The molecule has 0 bridgehead atoms. The lowest BCUT2D eigenvalue weighted by molar-refractivity contribution is -0.0276. The second-order valence-electron chi connectivity index (χ2n) is 9.95. The molecule has 186 valence electrons. The van der Waals surface area contributed by atoms with Crippen LogP contribution < -0.4 is 15.4 Å². The standard InChI is InChI=1S/C27H38FN3O3/c1-19(2)16-27(33,17-29-26(32)30-24-6-5-7-25(15-24)34-4)18-31-13-12-22(14-20(31)3)21-8-10-23(28)11-9-21/h5-11,15,19-20,22,33H,12-14,16-18H2,1-4H3,(H2,29,30,32). The fraction of sp³-hybridized carbons (Fsp3) is 0.519. The molecule has 3 unspecified atom stereocenters. The quantitative estimate of drug-likeness (QED) is 0.481. The summed E-state index contributed by atoms with van der Waals surface area (Å²) in [6.45, 7) is 7.82. The number of ether oxygens (including phenoxy) is 1. The molecule has 6 nitrogen and oxygen atoms in total. The van der Waals surface area contributed by atoms with Crippen molar-refractivity contribution in [1.29, 1.82) is 0 Å². The van der Waals surface area contributed by atoms with Crippen LogP contribution in [0.3, 0.4) is 0 Å². The van der Waals surface area contributed by atoms with Crippen molar-refractivity contribution in [3.05, 3.63) is 59.9 Å². The SMILES string of the molecule is COc1cccc(NC(=O)NCC(O)(CC(C)C)CN2CCC(c3ccc(F)cc3)CC2C)c1. The lowest BCUT2D eigenvalue weighted by Crippen LogP contribution is -2.55. The number of amides is 2. The van der Waals surface area contributed by atoms with Crippen molar-refractivity contribution in [3.8, 4) is 5.75 Å². The number of halogens is 1. The van der Waals surface area contributed by atoms with Gasteiger partial charge in [0.05, 0.1) is 12.7 Å². The Morgan fingerprint density at radius 1 is 1.26 bits per heavy atom. The number of nitrogens with zero attached hydrogens (tertiary/aromatic N) is 1. The Hall–Kier alpha value is -2.64. The summed E-state index contributed by atoms with van der Waals surface area (Å²) >= 11 is 0. The van der Waals surface area contributed by atoms with Crippen molar-refractivity contribution in [2.45, 2.75) is 57.6 Å². The summed E-state index contributed by atoms with van der Waals surface area (Å²) in [4.78, 5) is 14.8. The summed E-state index contributed by atoms with van der Waals surface area (Å²) in [5.74, 6) is 1.11. The molecule has 0 saturated carbocycles. The van der Waals surface area contributed by atoms with Gasteiger partial charge in [-0.15, -0.1) is 0 Å². The van der Waals surface area contributed by atoms with E-state index in [-0.39, 0.29) is 30.4 Å². The molecule has 3 N–H and O–H groups in total. The molecular weight excluding hydrogens is 433 g/mol. The van der Waals surface area contributed by atoms with E-state index < -0.39 is 5.60 Å². The van der Waals surface area contributed by atoms with E-state index in [0.717, 1.165) is 19.4 Å². The van der Waals surface area contributed by atoms with E-state index in [1.54, 1.807) is 25.3 Å². The van der Waals surface area contributed by atoms with Gasteiger partial charge < -0.3 is 20.5 Å². The van der Waals surface area contributed by atoms with Gasteiger partial charge in [0.2, 0.25) is 0 Å². The van der Waals surface area contributed by atoms with Gasteiger partial charge in [0.15, 0.2) is 0 Å². The van der Waals surface area contributed by atoms with Gasteiger partial charge in [-0.25, -0.2) is 9.18 Å². The Kier molecular flexibility index (Phi) is 8.91. The zero-order valence-electron chi connectivity index (χ0n) is 20.7. The van der Waals surface area contributed by atoms with Crippen LogP contribution in [0.2, 0.25) is 0 Å². The molecule has 1 heterocycles. The Bertz CT molecular complexity index is 937. The number of piperidine rings is 1. The first-order chi connectivity index (χ1) is 16.2. The van der Waals surface area contributed by atoms with E-state index in [1.165, 1.54) is 17.7 Å². The molecule has 0 aromatic heterocycles. The number of hydrogen-bond donors (Lipinski definition) is 3. The van der Waals surface area contributed by atoms with Crippen molar-refractivity contribution >= 4 is 11.7 Å². The number of anilines is 1. The third kappa shape index (κ3) is 7.43. The summed E-state index contributed by atoms with van der Waals surface area (Å²) < 4.78 is 18.5. The molecule has 2 amide bonds. The van der Waals surface area contributed by atoms with Crippen LogP contribution in [-0.4, -0.2) is 54.4 Å². The zero-order chi connectivity index (χ0) is 24.7. The molecule has 1 fully saturated rings. The predicted molar refractivity (Wildman–Crippen MR) is 134 cm³/mol. The first-order valence-electron chi connectivity index (χ1n) is 12.1. The first kappa shape index (κ1) is 26.0. The van der Waals surface area contributed by atoms with Crippen molar-refractivity contribution < 1.29 is 19.0 Å². The van der Waals surface area contributed by atoms with Gasteiger partial charge in [-0.2, -0.15) is 0 Å². The minimum absolute atomic E-state index is 0.158. The van der Waals surface area contributed by atoms with Gasteiger partial charge in [0.25, 0.3) is 0 Å². The molecule has 34 heavy (non-hydrogen) atoms. The van der Waals surface area contributed by atoms with Crippen molar-refractivity contribution in [1.82, 2.24) is 10.2 Å². The van der Waals surface area contributed by atoms with E-state index in [1.807, 2.05) is 18.2 Å². The third-order valence-corrected chi connectivity index (χ3v) is 6.55. The summed E-state index contributed by atoms with van der Waals surface area (Å²) in [5.41, 5.74) is 0.749. The number of β-amino-alcohol motifs (C(OH)–C–C–N with tert-alkyl or cyclic N) is 1. The Morgan fingerprint density at radius 3 is 2.65 bits per heavy atom. The lowest BCUT2D eigenvalue weighted by atomic mass is 9.84. The van der Waals surface area contributed by atoms with Crippen LogP contribution >= 0.6 is 0 Å². The second kappa shape index (κ2) is 11.7. The number of aliphatic hydroxyl groups is 1. The normalized spacial score (nSPS) is 20.6. The number of carbonyl (C=O) groups excluding carboxylic acids is 1. The van der Waals surface area contributed by atoms with Gasteiger partial charge >= 0.3 is 6.03 Å². The molecule has 3 atom stereocenters. The molecule has 7 heteroatoms. The first-order valence-corrected chi connectivity index (χ1v) is 12.1. The summed E-state index contributed by atoms with van der Waals surface area (Å²) in [6, 6.07) is 13.9. The zero-order valence-corrected chi connectivity index (χ0v) is 20.7. The van der Waals surface area contributed by atoms with Crippen LogP contribution in [0.1, 0.15) is 51.5 Å². The number of hydrogen-bond acceptors (Lipinski definition) is 4. The topological polar surface area (TPSA) is 73.8 Å². The van der Waals surface area contributed by atoms with E-state index in [9.17, 15) is 14.3 Å². The number of nitrogens with one attached hydrogen (secondary N) is 2. The fourth-order valence-electron chi connectivity index (χ4n) is 4.94. The van der Waals surface area contributed by atoms with Crippen LogP contribution in [0.15, 0.2) is 48.5 Å². The molecule has 0 radical (unpaired) electrons. The third-order valence-electron chi connectivity index (χ3n) is 6.55. The highest BCUT2D eigenvalue weighted by Gasteiger charge is 2.35. The van der Waals surface area contributed by atoms with E-state index in [0.29, 0.717) is 30.3 Å². The molecule has 2 aromatic carbocycles. The molecule has 0 spiro atoms. The number of rotatable bonds is 9. The fourth-order valence-corrected chi connectivity index (χ4v) is 4.94. The molecular formula is C27H38FN3O3. The maximum atomic E-state index is 13.3. The van der Waals surface area contributed by atoms with Crippen LogP contribution in [0.4, 0.5) is 14.9 Å². The number of urea groups is 1. The van der Waals surface area contributed by atoms with Gasteiger partial charge in [0.1, 0.15) is 11.6 Å². The highest BCUT2D eigenvalue weighted by molar-refractivity contribution is 5.89. The number of benzene rings is 2. The van der Waals surface area contributed by atoms with E-state index in [2.05, 4.69) is 36.3 Å². The maximum absolute atomic E-state index is 13.3. The molecule has 2 aromatic rings. The monoisotopic (exact) mass is 471 g/mol. The molecule has 1 aliphatic rings. The lowest BCUT2D eigenvalue weighted by Gasteiger charge is -2.43. The summed E-state index contributed by atoms with van der Waals surface area (Å²) in [6.07, 6.45) is 2.49. The number of likely N-dealkylation sites (tertiary alicyclic amines) is 1. The summed E-state index contributed by atoms with van der Waals surface area (Å²) in [5, 5.41) is 17.2. The largest absolute Gasteiger partial charge is 0.497 e. The average molecular weight is 472 g/mol. The van der Waals surface area contributed by atoms with Crippen LogP contribution in [0.25, 0.3) is 0 Å². The second-order valence-corrected chi connectivity index (χ2v) is 9.95. The van der Waals surface area contributed by atoms with Gasteiger partial charge in [0, 0.05) is 30.9 Å². The average Bonchev–Trinajstić information content (AvgIpc) is 2.79. The minimum Gasteiger partial charge on any atom is -0.497 e. The highest BCUT2D eigenvalue weighted by atomic mass is 19.1. The number of carbonyl (C=O) groups is 1. The predicted octanol–water partition coefficient (Wildman–Crippen LogP) is 5.00. The molecule has 1 aliphatic heterocycles. The molecule has 0 aliphatic carbocycles. The molecule has 3 rings (SSSR count). The number of methoxy groups -OCH3 is 1. The summed E-state index contributed by atoms with van der Waals surface area (Å²) in [7, 11) is 1.58. The smallest absolute Gasteiger partial charge is 0.319 e. The van der Waals surface area contributed by atoms with Crippen molar-refractivity contribution in [3.63, 3.8) is 0 Å². The van der Waals surface area contributed by atoms with Gasteiger partial charge in [-0.1, -0.05) is 32.0 Å². The van der Waals surface area contributed by atoms with Gasteiger partial charge in [-0.3, -0.25) is 4.90 Å². The van der Waals surface area contributed by atoms with Crippen LogP contribution in [0.5, 0.6) is 5.75 Å². The van der Waals surface area contributed by atoms with Crippen molar-refractivity contribution in [2.24, 2.45) is 5.92 Å². The van der Waals surface area contributed by atoms with Crippen LogP contribution in [-0.2, 0) is 0 Å². The Labute approximate surface area is 202 Å². The minimum atomic E-state index is -1.04. The Morgan fingerprint density at radius 2 is 2.00 bits per heavy atom. The van der Waals surface area contributed by atoms with E-state index >= 15 is 0 Å². The highest BCUT2D eigenvalue weighted by Crippen LogP contribution is 2.33. The maximum Gasteiger partial charge on any atom is 0.319 e.